The predicted octanol–water partition coefficient (Wildman–Crippen LogP) is 1.03. The van der Waals surface area contributed by atoms with E-state index in [0.29, 0.717) is 12.0 Å². The second-order valence-corrected chi connectivity index (χ2v) is 5.42. The van der Waals surface area contributed by atoms with E-state index < -0.39 is 0 Å². The van der Waals surface area contributed by atoms with E-state index in [1.807, 2.05) is 0 Å². The average molecular weight is 214 g/mol. The first-order valence-electron chi connectivity index (χ1n) is 6.06. The van der Waals surface area contributed by atoms with Crippen LogP contribution < -0.4 is 0 Å². The summed E-state index contributed by atoms with van der Waals surface area (Å²) in [7, 11) is 4.33. The molecule has 15 heavy (non-hydrogen) atoms. The van der Waals surface area contributed by atoms with Gasteiger partial charge in [-0.05, 0) is 32.9 Å². The second kappa shape index (κ2) is 5.83. The minimum atomic E-state index is -0.135. The highest BCUT2D eigenvalue weighted by molar-refractivity contribution is 4.80. The molecule has 0 aliphatic carbocycles. The molecule has 1 saturated heterocycles. The van der Waals surface area contributed by atoms with Crippen LogP contribution >= 0.6 is 0 Å². The van der Waals surface area contributed by atoms with Crippen molar-refractivity contribution in [2.24, 2.45) is 5.92 Å². The normalized spacial score (nSPS) is 27.2. The van der Waals surface area contributed by atoms with Gasteiger partial charge in [0.15, 0.2) is 0 Å². The summed E-state index contributed by atoms with van der Waals surface area (Å²) in [6.45, 7) is 7.69. The monoisotopic (exact) mass is 214 g/mol. The Balaban J connectivity index is 2.34. The predicted molar refractivity (Wildman–Crippen MR) is 64.0 cm³/mol. The summed E-state index contributed by atoms with van der Waals surface area (Å²) in [5.74, 6) is 0.589. The van der Waals surface area contributed by atoms with Crippen LogP contribution in [0, 0.1) is 5.92 Å². The van der Waals surface area contributed by atoms with Crippen LogP contribution in [-0.2, 0) is 0 Å². The summed E-state index contributed by atoms with van der Waals surface area (Å²) in [5, 5.41) is 9.93. The summed E-state index contributed by atoms with van der Waals surface area (Å²) < 4.78 is 0. The summed E-state index contributed by atoms with van der Waals surface area (Å²) in [5.41, 5.74) is 0. The number of likely N-dealkylation sites (N-methyl/N-ethyl adjacent to an activating group) is 2. The quantitative estimate of drug-likeness (QED) is 0.757. The van der Waals surface area contributed by atoms with Crippen LogP contribution in [0.25, 0.3) is 0 Å². The Bertz CT molecular complexity index is 184. The summed E-state index contributed by atoms with van der Waals surface area (Å²) in [6, 6.07) is 0.525. The maximum Gasteiger partial charge on any atom is 0.0558 e. The molecule has 1 fully saturated rings. The minimum absolute atomic E-state index is 0.135. The zero-order valence-electron chi connectivity index (χ0n) is 10.6. The highest BCUT2D eigenvalue weighted by atomic mass is 16.3. The molecule has 0 amide bonds. The molecule has 3 heteroatoms. The third kappa shape index (κ3) is 4.49. The van der Waals surface area contributed by atoms with Gasteiger partial charge in [0.2, 0.25) is 0 Å². The average Bonchev–Trinajstić information content (AvgIpc) is 2.10. The first-order valence-corrected chi connectivity index (χ1v) is 6.06. The molecule has 1 heterocycles. The molecule has 0 aromatic heterocycles. The van der Waals surface area contributed by atoms with Crippen molar-refractivity contribution in [2.75, 3.05) is 33.7 Å². The molecule has 0 aromatic rings. The van der Waals surface area contributed by atoms with E-state index in [1.54, 1.807) is 0 Å². The van der Waals surface area contributed by atoms with E-state index in [-0.39, 0.29) is 6.10 Å². The highest BCUT2D eigenvalue weighted by Crippen LogP contribution is 2.15. The smallest absolute Gasteiger partial charge is 0.0558 e. The number of piperazine rings is 1. The molecule has 1 aliphatic rings. The Morgan fingerprint density at radius 2 is 1.93 bits per heavy atom. The van der Waals surface area contributed by atoms with Crippen LogP contribution in [0.2, 0.25) is 0 Å². The fraction of sp³-hybridized carbons (Fsp3) is 1.00. The lowest BCUT2D eigenvalue weighted by molar-refractivity contribution is 0.0555. The Kier molecular flexibility index (Phi) is 5.03. The van der Waals surface area contributed by atoms with E-state index in [1.165, 1.54) is 0 Å². The Morgan fingerprint density at radius 1 is 1.27 bits per heavy atom. The Morgan fingerprint density at radius 3 is 2.53 bits per heavy atom. The van der Waals surface area contributed by atoms with Crippen LogP contribution in [0.5, 0.6) is 0 Å². The van der Waals surface area contributed by atoms with E-state index in [9.17, 15) is 5.11 Å². The molecule has 0 bridgehead atoms. The fourth-order valence-electron chi connectivity index (χ4n) is 2.31. The van der Waals surface area contributed by atoms with Crippen molar-refractivity contribution in [1.29, 1.82) is 0 Å². The standard InChI is InChI=1S/C12H26N2O/c1-10(2)7-12(15)8-11-9-13(3)5-6-14(11)4/h10-12,15H,5-9H2,1-4H3. The third-order valence-corrected chi connectivity index (χ3v) is 3.27. The molecule has 0 radical (unpaired) electrons. The van der Waals surface area contributed by atoms with Crippen LogP contribution in [0.1, 0.15) is 26.7 Å². The van der Waals surface area contributed by atoms with E-state index in [4.69, 9.17) is 0 Å². The van der Waals surface area contributed by atoms with Gasteiger partial charge in [0.05, 0.1) is 6.10 Å². The van der Waals surface area contributed by atoms with Crippen LogP contribution in [0.3, 0.4) is 0 Å². The van der Waals surface area contributed by atoms with Crippen molar-refractivity contribution in [3.8, 4) is 0 Å². The highest BCUT2D eigenvalue weighted by Gasteiger charge is 2.24. The summed E-state index contributed by atoms with van der Waals surface area (Å²) >= 11 is 0. The molecule has 90 valence electrons. The number of rotatable bonds is 4. The van der Waals surface area contributed by atoms with Gasteiger partial charge in [-0.15, -0.1) is 0 Å². The van der Waals surface area contributed by atoms with Gasteiger partial charge in [0.1, 0.15) is 0 Å². The number of aliphatic hydroxyl groups is 1. The van der Waals surface area contributed by atoms with E-state index in [2.05, 4.69) is 37.7 Å². The van der Waals surface area contributed by atoms with Gasteiger partial charge in [0, 0.05) is 25.7 Å². The topological polar surface area (TPSA) is 26.7 Å². The molecule has 3 nitrogen and oxygen atoms in total. The molecule has 0 spiro atoms. The van der Waals surface area contributed by atoms with Crippen molar-refractivity contribution < 1.29 is 5.11 Å². The molecule has 0 aromatic carbocycles. The molecule has 1 N–H and O–H groups in total. The first kappa shape index (κ1) is 12.9. The third-order valence-electron chi connectivity index (χ3n) is 3.27. The Hall–Kier alpha value is -0.120. The lowest BCUT2D eigenvalue weighted by Crippen LogP contribution is -2.51. The van der Waals surface area contributed by atoms with Gasteiger partial charge in [0.25, 0.3) is 0 Å². The zero-order chi connectivity index (χ0) is 11.4. The van der Waals surface area contributed by atoms with Crippen LogP contribution in [-0.4, -0.2) is 60.8 Å². The van der Waals surface area contributed by atoms with Gasteiger partial charge in [-0.25, -0.2) is 0 Å². The minimum Gasteiger partial charge on any atom is -0.393 e. The van der Waals surface area contributed by atoms with Gasteiger partial charge in [-0.3, -0.25) is 0 Å². The lowest BCUT2D eigenvalue weighted by Gasteiger charge is -2.38. The maximum atomic E-state index is 9.93. The first-order chi connectivity index (χ1) is 6.99. The largest absolute Gasteiger partial charge is 0.393 e. The number of hydrogen-bond donors (Lipinski definition) is 1. The lowest BCUT2D eigenvalue weighted by atomic mass is 9.98. The van der Waals surface area contributed by atoms with Crippen molar-refractivity contribution in [3.05, 3.63) is 0 Å². The molecule has 1 aliphatic heterocycles. The fourth-order valence-corrected chi connectivity index (χ4v) is 2.31. The summed E-state index contributed by atoms with van der Waals surface area (Å²) in [6.07, 6.45) is 1.71. The Labute approximate surface area is 94.1 Å². The summed E-state index contributed by atoms with van der Waals surface area (Å²) in [4.78, 5) is 4.73. The van der Waals surface area contributed by atoms with Crippen LogP contribution in [0.4, 0.5) is 0 Å². The second-order valence-electron chi connectivity index (χ2n) is 5.42. The van der Waals surface area contributed by atoms with Gasteiger partial charge in [-0.2, -0.15) is 0 Å². The van der Waals surface area contributed by atoms with Crippen molar-refractivity contribution >= 4 is 0 Å². The molecular weight excluding hydrogens is 188 g/mol. The van der Waals surface area contributed by atoms with E-state index >= 15 is 0 Å². The van der Waals surface area contributed by atoms with Gasteiger partial charge in [-0.1, -0.05) is 13.8 Å². The maximum absolute atomic E-state index is 9.93. The van der Waals surface area contributed by atoms with Gasteiger partial charge >= 0.3 is 0 Å². The molecular formula is C12H26N2O. The zero-order valence-corrected chi connectivity index (χ0v) is 10.6. The van der Waals surface area contributed by atoms with E-state index in [0.717, 1.165) is 32.5 Å². The number of hydrogen-bond acceptors (Lipinski definition) is 3. The van der Waals surface area contributed by atoms with Crippen molar-refractivity contribution in [2.45, 2.75) is 38.8 Å². The van der Waals surface area contributed by atoms with Crippen LogP contribution in [0.15, 0.2) is 0 Å². The van der Waals surface area contributed by atoms with Gasteiger partial charge < -0.3 is 14.9 Å². The molecule has 0 saturated carbocycles. The molecule has 2 unspecified atom stereocenters. The molecule has 2 atom stereocenters. The molecule has 1 rings (SSSR count). The number of nitrogens with zero attached hydrogens (tertiary/aromatic N) is 2. The van der Waals surface area contributed by atoms with Crippen molar-refractivity contribution in [3.63, 3.8) is 0 Å². The number of aliphatic hydroxyl groups excluding tert-OH is 1. The SMILES string of the molecule is CC(C)CC(O)CC1CN(C)CCN1C. The van der Waals surface area contributed by atoms with Crippen molar-refractivity contribution in [1.82, 2.24) is 9.80 Å².